The number of β-amino-alcohol motifs (C(OH)–C–C–N with tert-alkyl or cyclic N) is 1. The van der Waals surface area contributed by atoms with Crippen LogP contribution in [0.1, 0.15) is 36.9 Å². The maximum absolute atomic E-state index is 10.5. The van der Waals surface area contributed by atoms with Crippen molar-refractivity contribution in [3.05, 3.63) is 58.9 Å². The zero-order valence-electron chi connectivity index (χ0n) is 17.3. The van der Waals surface area contributed by atoms with Crippen LogP contribution in [0.2, 0.25) is 5.02 Å². The third-order valence-electron chi connectivity index (χ3n) is 5.22. The number of aliphatic hydroxyl groups excluding tert-OH is 1. The maximum Gasteiger partial charge on any atom is 0.124 e. The summed E-state index contributed by atoms with van der Waals surface area (Å²) in [6.45, 7) is 4.53. The van der Waals surface area contributed by atoms with E-state index in [1.807, 2.05) is 49.6 Å². The predicted molar refractivity (Wildman–Crippen MR) is 117 cm³/mol. The number of halogens is 1. The first kappa shape index (κ1) is 22.0. The molecule has 1 N–H and O–H groups in total. The average molecular weight is 418 g/mol. The quantitative estimate of drug-likeness (QED) is 0.668. The number of aromatic nitrogens is 1. The molecule has 1 aromatic carbocycles. The predicted octanol–water partition coefficient (Wildman–Crippen LogP) is 3.98. The van der Waals surface area contributed by atoms with Crippen LogP contribution in [0.3, 0.4) is 0 Å². The van der Waals surface area contributed by atoms with Crippen molar-refractivity contribution in [1.82, 2.24) is 14.8 Å². The first-order valence-corrected chi connectivity index (χ1v) is 10.9. The van der Waals surface area contributed by atoms with Crippen LogP contribution in [-0.2, 0) is 13.1 Å². The number of rotatable bonds is 9. The summed E-state index contributed by atoms with van der Waals surface area (Å²) in [6, 6.07) is 11.6. The van der Waals surface area contributed by atoms with E-state index < -0.39 is 6.10 Å². The average Bonchev–Trinajstić information content (AvgIpc) is 2.97. The topological polar surface area (TPSA) is 48.8 Å². The Hall–Kier alpha value is -1.66. The van der Waals surface area contributed by atoms with Gasteiger partial charge in [0.05, 0.1) is 5.69 Å². The minimum atomic E-state index is -0.497. The number of ether oxygens (including phenoxy) is 1. The van der Waals surface area contributed by atoms with Gasteiger partial charge in [-0.25, -0.2) is 0 Å². The van der Waals surface area contributed by atoms with Crippen molar-refractivity contribution in [2.24, 2.45) is 0 Å². The zero-order valence-corrected chi connectivity index (χ0v) is 18.0. The van der Waals surface area contributed by atoms with Gasteiger partial charge in [-0.3, -0.25) is 9.88 Å². The zero-order chi connectivity index (χ0) is 20.5. The fourth-order valence-corrected chi connectivity index (χ4v) is 3.98. The monoisotopic (exact) mass is 417 g/mol. The molecule has 0 spiro atoms. The van der Waals surface area contributed by atoms with Gasteiger partial charge < -0.3 is 14.7 Å². The molecule has 1 saturated heterocycles. The van der Waals surface area contributed by atoms with E-state index in [1.165, 1.54) is 25.7 Å². The molecule has 0 radical (unpaired) electrons. The lowest BCUT2D eigenvalue weighted by Crippen LogP contribution is -2.36. The van der Waals surface area contributed by atoms with Gasteiger partial charge in [0.1, 0.15) is 18.5 Å². The summed E-state index contributed by atoms with van der Waals surface area (Å²) < 4.78 is 6.00. The second kappa shape index (κ2) is 11.5. The summed E-state index contributed by atoms with van der Waals surface area (Å²) in [5.41, 5.74) is 2.03. The SMILES string of the molecule is CN(Cc1ccccn1)Cc1cc(Cl)ccc1OC[C@H](O)CN1CCCCCC1. The van der Waals surface area contributed by atoms with Crippen LogP contribution in [0.5, 0.6) is 5.75 Å². The molecule has 29 heavy (non-hydrogen) atoms. The number of likely N-dealkylation sites (tertiary alicyclic amines) is 1. The summed E-state index contributed by atoms with van der Waals surface area (Å²) in [6.07, 6.45) is 6.34. The Morgan fingerprint density at radius 1 is 1.14 bits per heavy atom. The van der Waals surface area contributed by atoms with Crippen LogP contribution in [0.25, 0.3) is 0 Å². The fraction of sp³-hybridized carbons (Fsp3) is 0.522. The molecule has 0 aliphatic carbocycles. The van der Waals surface area contributed by atoms with E-state index in [2.05, 4.69) is 14.8 Å². The van der Waals surface area contributed by atoms with Gasteiger partial charge >= 0.3 is 0 Å². The Morgan fingerprint density at radius 3 is 2.66 bits per heavy atom. The summed E-state index contributed by atoms with van der Waals surface area (Å²) in [5.74, 6) is 0.775. The molecule has 0 bridgehead atoms. The number of hydrogen-bond acceptors (Lipinski definition) is 5. The second-order valence-electron chi connectivity index (χ2n) is 7.93. The van der Waals surface area contributed by atoms with Gasteiger partial charge in [0.25, 0.3) is 0 Å². The minimum absolute atomic E-state index is 0.287. The van der Waals surface area contributed by atoms with E-state index in [0.29, 0.717) is 18.1 Å². The largest absolute Gasteiger partial charge is 0.491 e. The Morgan fingerprint density at radius 2 is 1.93 bits per heavy atom. The lowest BCUT2D eigenvalue weighted by atomic mass is 10.2. The Labute approximate surface area is 179 Å². The Bertz CT molecular complexity index is 736. The molecule has 1 aromatic heterocycles. The van der Waals surface area contributed by atoms with E-state index in [-0.39, 0.29) is 6.61 Å². The number of benzene rings is 1. The van der Waals surface area contributed by atoms with Crippen molar-refractivity contribution >= 4 is 11.6 Å². The molecule has 2 aromatic rings. The Balaban J connectivity index is 1.54. The standard InChI is InChI=1S/C23H32ClN3O2/c1-26(16-21-8-4-5-11-25-21)15-19-14-20(24)9-10-23(19)29-18-22(28)17-27-12-6-2-3-7-13-27/h4-5,8-11,14,22,28H,2-3,6-7,12-13,15-18H2,1H3/t22-/m1/s1. The molecule has 0 saturated carbocycles. The van der Waals surface area contributed by atoms with Crippen LogP contribution >= 0.6 is 11.6 Å². The van der Waals surface area contributed by atoms with Crippen molar-refractivity contribution in [1.29, 1.82) is 0 Å². The van der Waals surface area contributed by atoms with Gasteiger partial charge in [-0.15, -0.1) is 0 Å². The van der Waals surface area contributed by atoms with Crippen LogP contribution in [0.4, 0.5) is 0 Å². The third-order valence-corrected chi connectivity index (χ3v) is 5.45. The van der Waals surface area contributed by atoms with Crippen LogP contribution < -0.4 is 4.74 Å². The molecule has 1 aliphatic rings. The molecule has 3 rings (SSSR count). The van der Waals surface area contributed by atoms with Crippen molar-refractivity contribution < 1.29 is 9.84 Å². The van der Waals surface area contributed by atoms with Crippen molar-refractivity contribution in [2.75, 3.05) is 33.3 Å². The highest BCUT2D eigenvalue weighted by Crippen LogP contribution is 2.25. The molecular weight excluding hydrogens is 386 g/mol. The van der Waals surface area contributed by atoms with E-state index in [9.17, 15) is 5.11 Å². The number of hydrogen-bond donors (Lipinski definition) is 1. The van der Waals surface area contributed by atoms with E-state index >= 15 is 0 Å². The highest BCUT2D eigenvalue weighted by atomic mass is 35.5. The molecule has 2 heterocycles. The van der Waals surface area contributed by atoms with Crippen molar-refractivity contribution in [2.45, 2.75) is 44.9 Å². The summed E-state index contributed by atoms with van der Waals surface area (Å²) in [4.78, 5) is 8.91. The normalized spacial score (nSPS) is 16.6. The highest BCUT2D eigenvalue weighted by Gasteiger charge is 2.16. The van der Waals surface area contributed by atoms with Crippen LogP contribution in [0.15, 0.2) is 42.6 Å². The van der Waals surface area contributed by atoms with Crippen molar-refractivity contribution in [3.63, 3.8) is 0 Å². The van der Waals surface area contributed by atoms with E-state index in [4.69, 9.17) is 16.3 Å². The highest BCUT2D eigenvalue weighted by molar-refractivity contribution is 6.30. The fourth-order valence-electron chi connectivity index (χ4n) is 3.78. The summed E-state index contributed by atoms with van der Waals surface area (Å²) >= 11 is 6.22. The summed E-state index contributed by atoms with van der Waals surface area (Å²) in [5, 5.41) is 11.1. The molecule has 6 heteroatoms. The lowest BCUT2D eigenvalue weighted by Gasteiger charge is -2.24. The number of pyridine rings is 1. The molecule has 1 aliphatic heterocycles. The van der Waals surface area contributed by atoms with Gasteiger partial charge in [0, 0.05) is 36.4 Å². The maximum atomic E-state index is 10.5. The van der Waals surface area contributed by atoms with Gasteiger partial charge in [0.15, 0.2) is 0 Å². The number of nitrogens with zero attached hydrogens (tertiary/aromatic N) is 3. The molecular formula is C23H32ClN3O2. The van der Waals surface area contributed by atoms with Crippen LogP contribution in [0, 0.1) is 0 Å². The van der Waals surface area contributed by atoms with E-state index in [0.717, 1.165) is 36.6 Å². The molecule has 0 amide bonds. The molecule has 0 unspecified atom stereocenters. The Kier molecular flexibility index (Phi) is 8.74. The van der Waals surface area contributed by atoms with Gasteiger partial charge in [-0.05, 0) is 63.3 Å². The first-order valence-electron chi connectivity index (χ1n) is 10.5. The smallest absolute Gasteiger partial charge is 0.124 e. The second-order valence-corrected chi connectivity index (χ2v) is 8.36. The number of aliphatic hydroxyl groups is 1. The van der Waals surface area contributed by atoms with Crippen molar-refractivity contribution in [3.8, 4) is 5.75 Å². The third kappa shape index (κ3) is 7.59. The summed E-state index contributed by atoms with van der Waals surface area (Å²) in [7, 11) is 2.05. The molecule has 158 valence electrons. The minimum Gasteiger partial charge on any atom is -0.491 e. The first-order chi connectivity index (χ1) is 14.1. The molecule has 1 atom stereocenters. The van der Waals surface area contributed by atoms with Crippen LogP contribution in [-0.4, -0.2) is 59.3 Å². The van der Waals surface area contributed by atoms with E-state index in [1.54, 1.807) is 0 Å². The van der Waals surface area contributed by atoms with Gasteiger partial charge in [-0.2, -0.15) is 0 Å². The lowest BCUT2D eigenvalue weighted by molar-refractivity contribution is 0.0687. The molecule has 1 fully saturated rings. The van der Waals surface area contributed by atoms with Gasteiger partial charge in [0.2, 0.25) is 0 Å². The molecule has 5 nitrogen and oxygen atoms in total. The van der Waals surface area contributed by atoms with Gasteiger partial charge in [-0.1, -0.05) is 30.5 Å².